The average Bonchev–Trinajstić information content (AvgIpc) is 3.46. The number of fused-ring (bicyclic) bond motifs is 4. The highest BCUT2D eigenvalue weighted by atomic mass is 16.5. The summed E-state index contributed by atoms with van der Waals surface area (Å²) in [6.07, 6.45) is 9.42. The third-order valence-electron chi connectivity index (χ3n) is 8.92. The van der Waals surface area contributed by atoms with E-state index in [1.54, 1.807) is 0 Å². The minimum absolute atomic E-state index is 0.271. The molecule has 6 atom stereocenters. The van der Waals surface area contributed by atoms with E-state index in [4.69, 9.17) is 4.74 Å². The maximum absolute atomic E-state index is 6.82. The maximum Gasteiger partial charge on any atom is 0.0710 e. The Bertz CT molecular complexity index is 1270. The van der Waals surface area contributed by atoms with Crippen molar-refractivity contribution in [2.75, 3.05) is 13.1 Å². The summed E-state index contributed by atoms with van der Waals surface area (Å²) < 4.78 is 6.82. The smallest absolute Gasteiger partial charge is 0.0710 e. The van der Waals surface area contributed by atoms with Gasteiger partial charge in [0, 0.05) is 71.2 Å². The molecule has 5 heteroatoms. The molecule has 0 bridgehead atoms. The van der Waals surface area contributed by atoms with Crippen molar-refractivity contribution >= 4 is 21.8 Å². The summed E-state index contributed by atoms with van der Waals surface area (Å²) in [5, 5.41) is 10.6. The van der Waals surface area contributed by atoms with Crippen LogP contribution in [0.3, 0.4) is 0 Å². The molecule has 2 aliphatic carbocycles. The Labute approximate surface area is 193 Å². The van der Waals surface area contributed by atoms with Crippen molar-refractivity contribution in [3.05, 3.63) is 71.0 Å². The van der Waals surface area contributed by atoms with Gasteiger partial charge in [-0.2, -0.15) is 0 Å². The number of nitrogens with one attached hydrogen (secondary N) is 4. The Morgan fingerprint density at radius 2 is 1.18 bits per heavy atom. The summed E-state index contributed by atoms with van der Waals surface area (Å²) >= 11 is 0. The number of aromatic nitrogens is 2. The highest BCUT2D eigenvalue weighted by molar-refractivity contribution is 5.89. The summed E-state index contributed by atoms with van der Waals surface area (Å²) in [7, 11) is 0. The monoisotopic (exact) mass is 438 g/mol. The Kier molecular flexibility index (Phi) is 3.96. The summed E-state index contributed by atoms with van der Waals surface area (Å²) in [5.74, 6) is 1.07. The van der Waals surface area contributed by atoms with Gasteiger partial charge in [-0.25, -0.2) is 0 Å². The number of H-pyrrole nitrogens is 2. The largest absolute Gasteiger partial charge is 0.372 e. The number of hydrogen-bond acceptors (Lipinski definition) is 3. The van der Waals surface area contributed by atoms with E-state index in [1.807, 2.05) is 0 Å². The summed E-state index contributed by atoms with van der Waals surface area (Å²) in [6.45, 7) is 1.91. The van der Waals surface area contributed by atoms with Gasteiger partial charge in [-0.1, -0.05) is 24.3 Å². The highest BCUT2D eigenvalue weighted by Gasteiger charge is 2.40. The molecule has 2 fully saturated rings. The molecule has 4 heterocycles. The highest BCUT2D eigenvalue weighted by Crippen LogP contribution is 2.43. The number of hydrogen-bond donors (Lipinski definition) is 4. The molecule has 5 nitrogen and oxygen atoms in total. The zero-order valence-corrected chi connectivity index (χ0v) is 18.7. The van der Waals surface area contributed by atoms with Crippen LogP contribution >= 0.6 is 0 Å². The van der Waals surface area contributed by atoms with Crippen LogP contribution in [0.4, 0.5) is 0 Å². The zero-order valence-electron chi connectivity index (χ0n) is 18.7. The first-order valence-electron chi connectivity index (χ1n) is 12.6. The third-order valence-corrected chi connectivity index (χ3v) is 8.92. The van der Waals surface area contributed by atoms with Gasteiger partial charge in [0.2, 0.25) is 0 Å². The lowest BCUT2D eigenvalue weighted by atomic mass is 9.74. The van der Waals surface area contributed by atoms with Gasteiger partial charge in [0.05, 0.1) is 12.2 Å². The topological polar surface area (TPSA) is 64.9 Å². The molecule has 2 aromatic heterocycles. The standard InChI is InChI=1S/C28H30N4O/c1-3-19-21-9-17(13-31-25(21)7-15-11-29-23(5-1)27(15)19)33-18-10-22-20-4-2-6-24-28(20)16(12-30-24)8-26(22)32-14-18/h1-6,11-12,17-18,21-22,25-26,29-32H,7-10,13-14H2/t17?,18?,21-,22-,25-,26-/m1/s1. The molecule has 168 valence electrons. The van der Waals surface area contributed by atoms with Gasteiger partial charge >= 0.3 is 0 Å². The predicted molar refractivity (Wildman–Crippen MR) is 131 cm³/mol. The van der Waals surface area contributed by atoms with Crippen LogP contribution in [0.1, 0.15) is 46.9 Å². The quantitative estimate of drug-likeness (QED) is 0.381. The van der Waals surface area contributed by atoms with Crippen molar-refractivity contribution in [1.82, 2.24) is 20.6 Å². The third kappa shape index (κ3) is 2.76. The fourth-order valence-corrected chi connectivity index (χ4v) is 7.49. The van der Waals surface area contributed by atoms with Crippen molar-refractivity contribution in [3.8, 4) is 0 Å². The number of ether oxygens (including phenoxy) is 1. The number of aromatic amines is 2. The van der Waals surface area contributed by atoms with Gasteiger partial charge < -0.3 is 25.3 Å². The zero-order chi connectivity index (χ0) is 21.5. The van der Waals surface area contributed by atoms with Gasteiger partial charge in [-0.3, -0.25) is 0 Å². The van der Waals surface area contributed by atoms with E-state index in [0.717, 1.165) is 38.8 Å². The van der Waals surface area contributed by atoms with E-state index < -0.39 is 0 Å². The molecule has 4 aromatic rings. The van der Waals surface area contributed by atoms with E-state index in [-0.39, 0.29) is 12.2 Å². The molecule has 8 rings (SSSR count). The van der Waals surface area contributed by atoms with Gasteiger partial charge in [0.15, 0.2) is 0 Å². The van der Waals surface area contributed by atoms with E-state index >= 15 is 0 Å². The van der Waals surface area contributed by atoms with Gasteiger partial charge in [-0.15, -0.1) is 0 Å². The minimum Gasteiger partial charge on any atom is -0.372 e. The van der Waals surface area contributed by atoms with Crippen LogP contribution in [0, 0.1) is 0 Å². The lowest BCUT2D eigenvalue weighted by Gasteiger charge is -2.44. The molecule has 2 aliphatic heterocycles. The molecule has 0 saturated carbocycles. The normalized spacial score (nSPS) is 32.6. The Morgan fingerprint density at radius 3 is 1.70 bits per heavy atom. The van der Waals surface area contributed by atoms with E-state index in [0.29, 0.717) is 23.9 Å². The number of rotatable bonds is 2. The molecule has 0 spiro atoms. The Hall–Kier alpha value is -2.60. The summed E-state index contributed by atoms with van der Waals surface area (Å²) in [6, 6.07) is 14.5. The first-order valence-corrected chi connectivity index (χ1v) is 12.6. The van der Waals surface area contributed by atoms with Gasteiger partial charge in [0.25, 0.3) is 0 Å². The fraction of sp³-hybridized carbons (Fsp3) is 0.429. The summed E-state index contributed by atoms with van der Waals surface area (Å²) in [5.41, 5.74) is 8.49. The van der Waals surface area contributed by atoms with Crippen molar-refractivity contribution in [2.24, 2.45) is 0 Å². The van der Waals surface area contributed by atoms with Crippen molar-refractivity contribution < 1.29 is 4.74 Å². The maximum atomic E-state index is 6.82. The van der Waals surface area contributed by atoms with E-state index in [1.165, 1.54) is 44.1 Å². The number of piperidine rings is 2. The van der Waals surface area contributed by atoms with Crippen LogP contribution in [0.5, 0.6) is 0 Å². The second-order valence-electron chi connectivity index (χ2n) is 10.7. The van der Waals surface area contributed by atoms with E-state index in [9.17, 15) is 0 Å². The van der Waals surface area contributed by atoms with Crippen LogP contribution in [0.25, 0.3) is 21.8 Å². The first kappa shape index (κ1) is 18.8. The second-order valence-corrected chi connectivity index (χ2v) is 10.7. The molecular formula is C28H30N4O. The molecule has 2 unspecified atom stereocenters. The Morgan fingerprint density at radius 1 is 0.667 bits per heavy atom. The predicted octanol–water partition coefficient (Wildman–Crippen LogP) is 4.11. The molecule has 4 aliphatic rings. The van der Waals surface area contributed by atoms with Crippen LogP contribution in [-0.2, 0) is 17.6 Å². The fourth-order valence-electron chi connectivity index (χ4n) is 7.49. The number of benzene rings is 2. The Balaban J connectivity index is 1.03. The van der Waals surface area contributed by atoms with E-state index in [2.05, 4.69) is 69.4 Å². The molecule has 4 N–H and O–H groups in total. The first-order chi connectivity index (χ1) is 16.3. The van der Waals surface area contributed by atoms with Crippen LogP contribution in [0.15, 0.2) is 48.8 Å². The summed E-state index contributed by atoms with van der Waals surface area (Å²) in [4.78, 5) is 6.95. The van der Waals surface area contributed by atoms with Crippen LogP contribution in [0.2, 0.25) is 0 Å². The second kappa shape index (κ2) is 6.95. The molecular weight excluding hydrogens is 408 g/mol. The van der Waals surface area contributed by atoms with Crippen molar-refractivity contribution in [1.29, 1.82) is 0 Å². The van der Waals surface area contributed by atoms with Crippen molar-refractivity contribution in [2.45, 2.75) is 61.8 Å². The van der Waals surface area contributed by atoms with Gasteiger partial charge in [0.1, 0.15) is 0 Å². The average molecular weight is 439 g/mol. The molecule has 2 aromatic carbocycles. The molecule has 33 heavy (non-hydrogen) atoms. The van der Waals surface area contributed by atoms with Crippen molar-refractivity contribution in [3.63, 3.8) is 0 Å². The molecule has 0 amide bonds. The lowest BCUT2D eigenvalue weighted by Crippen LogP contribution is -2.53. The SMILES string of the molecule is c1cc2c3c(c[nH]c3c1)C[C@H]1NCC(OC3CN[C@@H]4Cc5c[nH]c6cccc(c56)[C@H]4C3)C[C@H]21. The molecule has 2 saturated heterocycles. The van der Waals surface area contributed by atoms with Crippen LogP contribution < -0.4 is 10.6 Å². The van der Waals surface area contributed by atoms with Gasteiger partial charge in [-0.05, 0) is 60.1 Å². The molecule has 0 radical (unpaired) electrons. The minimum atomic E-state index is 0.271. The van der Waals surface area contributed by atoms with Crippen LogP contribution in [-0.4, -0.2) is 47.3 Å². The lowest BCUT2D eigenvalue weighted by molar-refractivity contribution is -0.0491.